The first-order valence-electron chi connectivity index (χ1n) is 3.65. The van der Waals surface area contributed by atoms with Crippen molar-refractivity contribution >= 4 is 17.3 Å². The first kappa shape index (κ1) is 9.06. The van der Waals surface area contributed by atoms with E-state index < -0.39 is 0 Å². The summed E-state index contributed by atoms with van der Waals surface area (Å²) in [5.41, 5.74) is 5.41. The predicted octanol–water partition coefficient (Wildman–Crippen LogP) is 1.26. The second-order valence-electron chi connectivity index (χ2n) is 2.71. The third-order valence-electron chi connectivity index (χ3n) is 1.57. The second-order valence-corrected chi connectivity index (χ2v) is 3.12. The minimum absolute atomic E-state index is 0.379. The summed E-state index contributed by atoms with van der Waals surface area (Å²) in [5, 5.41) is 0.379. The van der Waals surface area contributed by atoms with Crippen molar-refractivity contribution in [1.82, 2.24) is 4.90 Å². The highest BCUT2D eigenvalue weighted by atomic mass is 32.1. The van der Waals surface area contributed by atoms with Gasteiger partial charge in [0.1, 0.15) is 11.5 Å². The lowest BCUT2D eigenvalue weighted by Crippen LogP contribution is -2.30. The smallest absolute Gasteiger partial charge is 0.166 e. The van der Waals surface area contributed by atoms with Gasteiger partial charge in [-0.25, -0.2) is 0 Å². The molecule has 2 N–H and O–H groups in total. The highest BCUT2D eigenvalue weighted by Gasteiger charge is 2.03. The van der Waals surface area contributed by atoms with E-state index >= 15 is 0 Å². The number of hydrogen-bond donors (Lipinski definition) is 1. The molecule has 0 spiro atoms. The van der Waals surface area contributed by atoms with Crippen molar-refractivity contribution in [3.05, 3.63) is 23.7 Å². The maximum Gasteiger partial charge on any atom is 0.166 e. The first-order valence-corrected chi connectivity index (χ1v) is 4.06. The van der Waals surface area contributed by atoms with E-state index in [-0.39, 0.29) is 0 Å². The molecule has 0 aromatic carbocycles. The molecule has 0 fully saturated rings. The molecular formula is C8H12N2OS. The molecule has 12 heavy (non-hydrogen) atoms. The van der Waals surface area contributed by atoms with Gasteiger partial charge in [0.15, 0.2) is 5.11 Å². The summed E-state index contributed by atoms with van der Waals surface area (Å²) in [6.45, 7) is 2.54. The van der Waals surface area contributed by atoms with Crippen LogP contribution < -0.4 is 5.73 Å². The first-order chi connectivity index (χ1) is 5.59. The standard InChI is InChI=1S/C8H12N2OS/c1-6-3-4-7(11-6)5-10(2)8(9)12/h3-4H,5H2,1-2H3,(H2,9,12). The molecule has 0 aliphatic rings. The third-order valence-corrected chi connectivity index (χ3v) is 1.88. The van der Waals surface area contributed by atoms with Crippen molar-refractivity contribution in [1.29, 1.82) is 0 Å². The minimum atomic E-state index is 0.379. The number of furan rings is 1. The van der Waals surface area contributed by atoms with Gasteiger partial charge in [-0.3, -0.25) is 0 Å². The van der Waals surface area contributed by atoms with Crippen LogP contribution >= 0.6 is 12.2 Å². The van der Waals surface area contributed by atoms with E-state index in [0.717, 1.165) is 11.5 Å². The van der Waals surface area contributed by atoms with Crippen molar-refractivity contribution < 1.29 is 4.42 Å². The molecule has 0 saturated carbocycles. The van der Waals surface area contributed by atoms with Crippen LogP contribution in [0.25, 0.3) is 0 Å². The van der Waals surface area contributed by atoms with Gasteiger partial charge in [-0.1, -0.05) is 0 Å². The van der Waals surface area contributed by atoms with Crippen LogP contribution in [0.5, 0.6) is 0 Å². The van der Waals surface area contributed by atoms with Crippen LogP contribution in [0.3, 0.4) is 0 Å². The van der Waals surface area contributed by atoms with E-state index in [2.05, 4.69) is 0 Å². The Kier molecular flexibility index (Phi) is 2.70. The van der Waals surface area contributed by atoms with E-state index in [4.69, 9.17) is 22.4 Å². The Morgan fingerprint density at radius 2 is 2.33 bits per heavy atom. The lowest BCUT2D eigenvalue weighted by molar-refractivity contribution is 0.401. The van der Waals surface area contributed by atoms with Gasteiger partial charge < -0.3 is 15.1 Å². The Balaban J connectivity index is 2.58. The van der Waals surface area contributed by atoms with E-state index in [9.17, 15) is 0 Å². The summed E-state index contributed by atoms with van der Waals surface area (Å²) in [4.78, 5) is 1.76. The van der Waals surface area contributed by atoms with Crippen molar-refractivity contribution in [2.24, 2.45) is 5.73 Å². The predicted molar refractivity (Wildman–Crippen MR) is 51.7 cm³/mol. The molecule has 0 aliphatic heterocycles. The van der Waals surface area contributed by atoms with E-state index in [1.54, 1.807) is 4.90 Å². The molecule has 0 bridgehead atoms. The zero-order valence-electron chi connectivity index (χ0n) is 7.20. The lowest BCUT2D eigenvalue weighted by atomic mass is 10.4. The Bertz CT molecular complexity index is 282. The second kappa shape index (κ2) is 3.58. The normalized spacial score (nSPS) is 9.83. The SMILES string of the molecule is Cc1ccc(CN(C)C(N)=S)o1. The van der Waals surface area contributed by atoms with Crippen LogP contribution in [0.4, 0.5) is 0 Å². The van der Waals surface area contributed by atoms with Gasteiger partial charge in [0.2, 0.25) is 0 Å². The zero-order valence-corrected chi connectivity index (χ0v) is 8.02. The molecular weight excluding hydrogens is 172 g/mol. The van der Waals surface area contributed by atoms with Gasteiger partial charge in [-0.2, -0.15) is 0 Å². The van der Waals surface area contributed by atoms with Gasteiger partial charge in [-0.05, 0) is 31.3 Å². The number of nitrogens with two attached hydrogens (primary N) is 1. The van der Waals surface area contributed by atoms with Crippen molar-refractivity contribution in [3.8, 4) is 0 Å². The van der Waals surface area contributed by atoms with E-state index in [0.29, 0.717) is 11.7 Å². The van der Waals surface area contributed by atoms with Crippen molar-refractivity contribution in [2.45, 2.75) is 13.5 Å². The minimum Gasteiger partial charge on any atom is -0.464 e. The van der Waals surface area contributed by atoms with E-state index in [1.807, 2.05) is 26.1 Å². The average molecular weight is 184 g/mol. The topological polar surface area (TPSA) is 42.4 Å². The molecule has 1 rings (SSSR count). The molecule has 0 saturated heterocycles. The molecule has 0 radical (unpaired) electrons. The Hall–Kier alpha value is -1.03. The summed E-state index contributed by atoms with van der Waals surface area (Å²) in [5.74, 6) is 1.78. The maximum absolute atomic E-state index is 5.41. The van der Waals surface area contributed by atoms with Gasteiger partial charge in [0.25, 0.3) is 0 Å². The van der Waals surface area contributed by atoms with Gasteiger partial charge in [0.05, 0.1) is 6.54 Å². The number of rotatable bonds is 2. The summed E-state index contributed by atoms with van der Waals surface area (Å²) in [6, 6.07) is 3.84. The van der Waals surface area contributed by atoms with Crippen LogP contribution in [0.15, 0.2) is 16.5 Å². The highest BCUT2D eigenvalue weighted by Crippen LogP contribution is 2.07. The molecule has 3 nitrogen and oxygen atoms in total. The van der Waals surface area contributed by atoms with Crippen LogP contribution in [-0.4, -0.2) is 17.1 Å². The zero-order chi connectivity index (χ0) is 9.14. The fourth-order valence-corrected chi connectivity index (χ4v) is 0.946. The van der Waals surface area contributed by atoms with Gasteiger partial charge in [0, 0.05) is 7.05 Å². The molecule has 0 atom stereocenters. The summed E-state index contributed by atoms with van der Waals surface area (Å²) < 4.78 is 5.35. The number of hydrogen-bond acceptors (Lipinski definition) is 2. The monoisotopic (exact) mass is 184 g/mol. The van der Waals surface area contributed by atoms with Gasteiger partial charge >= 0.3 is 0 Å². The molecule has 0 unspecified atom stereocenters. The van der Waals surface area contributed by atoms with Crippen LogP contribution in [0.1, 0.15) is 11.5 Å². The van der Waals surface area contributed by atoms with Crippen molar-refractivity contribution in [3.63, 3.8) is 0 Å². The molecule has 0 amide bonds. The summed E-state index contributed by atoms with van der Waals surface area (Å²) in [6.07, 6.45) is 0. The molecule has 1 heterocycles. The number of thiocarbonyl (C=S) groups is 1. The maximum atomic E-state index is 5.41. The average Bonchev–Trinajstić information content (AvgIpc) is 2.35. The van der Waals surface area contributed by atoms with E-state index in [1.165, 1.54) is 0 Å². The largest absolute Gasteiger partial charge is 0.464 e. The fraction of sp³-hybridized carbons (Fsp3) is 0.375. The molecule has 66 valence electrons. The molecule has 0 aliphatic carbocycles. The summed E-state index contributed by atoms with van der Waals surface area (Å²) in [7, 11) is 1.83. The quantitative estimate of drug-likeness (QED) is 0.703. The van der Waals surface area contributed by atoms with Gasteiger partial charge in [-0.15, -0.1) is 0 Å². The van der Waals surface area contributed by atoms with Crippen LogP contribution in [0, 0.1) is 6.92 Å². The summed E-state index contributed by atoms with van der Waals surface area (Å²) >= 11 is 4.79. The Labute approximate surface area is 77.1 Å². The third kappa shape index (κ3) is 2.23. The molecule has 1 aromatic heterocycles. The Morgan fingerprint density at radius 1 is 1.67 bits per heavy atom. The molecule has 4 heteroatoms. The molecule has 1 aromatic rings. The van der Waals surface area contributed by atoms with Crippen LogP contribution in [0.2, 0.25) is 0 Å². The number of aryl methyl sites for hydroxylation is 1. The van der Waals surface area contributed by atoms with Crippen molar-refractivity contribution in [2.75, 3.05) is 7.05 Å². The fourth-order valence-electron chi connectivity index (χ4n) is 0.882. The highest BCUT2D eigenvalue weighted by molar-refractivity contribution is 7.80. The number of nitrogens with zero attached hydrogens (tertiary/aromatic N) is 1. The van der Waals surface area contributed by atoms with Crippen LogP contribution in [-0.2, 0) is 6.54 Å². The lowest BCUT2D eigenvalue weighted by Gasteiger charge is -2.14. The Morgan fingerprint density at radius 3 is 2.75 bits per heavy atom.